The first kappa shape index (κ1) is 18.2. The lowest BCUT2D eigenvalue weighted by molar-refractivity contribution is -0.141. The third-order valence-corrected chi connectivity index (χ3v) is 5.89. The predicted octanol–water partition coefficient (Wildman–Crippen LogP) is 2.09. The molecule has 146 valence electrons. The highest BCUT2D eigenvalue weighted by molar-refractivity contribution is 5.81. The molecule has 1 aromatic rings. The molecule has 0 saturated carbocycles. The molecular formula is C20H26FN3O3. The molecule has 2 heterocycles. The number of morpholine rings is 1. The topological polar surface area (TPSA) is 61.9 Å². The van der Waals surface area contributed by atoms with E-state index in [1.807, 2.05) is 11.0 Å². The Labute approximate surface area is 158 Å². The van der Waals surface area contributed by atoms with Gasteiger partial charge in [0.05, 0.1) is 25.2 Å². The summed E-state index contributed by atoms with van der Waals surface area (Å²) in [4.78, 5) is 29.1. The number of likely N-dealkylation sites (tertiary alicyclic amines) is 1. The maximum Gasteiger partial charge on any atom is 0.317 e. The second kappa shape index (κ2) is 7.84. The molecule has 3 aliphatic rings. The van der Waals surface area contributed by atoms with Gasteiger partial charge in [-0.1, -0.05) is 12.1 Å². The van der Waals surface area contributed by atoms with Gasteiger partial charge in [0.25, 0.3) is 0 Å². The summed E-state index contributed by atoms with van der Waals surface area (Å²) in [5.41, 5.74) is 1.59. The van der Waals surface area contributed by atoms with Crippen LogP contribution in [0, 0.1) is 11.7 Å². The lowest BCUT2D eigenvalue weighted by atomic mass is 9.96. The van der Waals surface area contributed by atoms with E-state index in [1.165, 1.54) is 6.07 Å². The first-order valence-corrected chi connectivity index (χ1v) is 9.83. The van der Waals surface area contributed by atoms with Crippen LogP contribution in [0.2, 0.25) is 0 Å². The summed E-state index contributed by atoms with van der Waals surface area (Å²) in [7, 11) is 0. The number of carbonyl (C=O) groups excluding carboxylic acids is 2. The molecule has 2 atom stereocenters. The van der Waals surface area contributed by atoms with Crippen molar-refractivity contribution >= 4 is 11.9 Å². The number of benzene rings is 1. The summed E-state index contributed by atoms with van der Waals surface area (Å²) in [6, 6.07) is 4.73. The number of halogens is 1. The number of nitrogens with zero attached hydrogens (tertiary/aromatic N) is 2. The van der Waals surface area contributed by atoms with Gasteiger partial charge in [0.1, 0.15) is 5.82 Å². The molecule has 6 nitrogen and oxygen atoms in total. The van der Waals surface area contributed by atoms with Crippen molar-refractivity contribution in [3.63, 3.8) is 0 Å². The number of hydrogen-bond donors (Lipinski definition) is 1. The van der Waals surface area contributed by atoms with Crippen molar-refractivity contribution in [1.29, 1.82) is 0 Å². The molecule has 0 spiro atoms. The summed E-state index contributed by atoms with van der Waals surface area (Å²) >= 11 is 0. The van der Waals surface area contributed by atoms with Gasteiger partial charge in [-0.05, 0) is 42.9 Å². The van der Waals surface area contributed by atoms with Gasteiger partial charge in [0.2, 0.25) is 5.91 Å². The minimum absolute atomic E-state index is 0.129. The summed E-state index contributed by atoms with van der Waals surface area (Å²) < 4.78 is 19.2. The SMILES string of the molecule is O=C(NC1CCc2c(F)cccc21)N1CCCC(C(=O)N2CCOCC2)C1. The number of ether oxygens (including phenoxy) is 1. The first-order valence-electron chi connectivity index (χ1n) is 9.83. The second-order valence-corrected chi connectivity index (χ2v) is 7.57. The quantitative estimate of drug-likeness (QED) is 0.861. The fourth-order valence-electron chi connectivity index (χ4n) is 4.41. The largest absolute Gasteiger partial charge is 0.378 e. The third-order valence-electron chi connectivity index (χ3n) is 5.89. The number of hydrogen-bond acceptors (Lipinski definition) is 3. The number of rotatable bonds is 2. The lowest BCUT2D eigenvalue weighted by Crippen LogP contribution is -2.51. The van der Waals surface area contributed by atoms with Crippen molar-refractivity contribution in [2.24, 2.45) is 5.92 Å². The molecule has 3 amide bonds. The molecule has 0 radical (unpaired) electrons. The molecule has 0 aromatic heterocycles. The van der Waals surface area contributed by atoms with Gasteiger partial charge in [-0.15, -0.1) is 0 Å². The van der Waals surface area contributed by atoms with E-state index in [0.717, 1.165) is 18.4 Å². The van der Waals surface area contributed by atoms with E-state index < -0.39 is 0 Å². The van der Waals surface area contributed by atoms with Crippen LogP contribution in [0.25, 0.3) is 0 Å². The van der Waals surface area contributed by atoms with Crippen LogP contribution >= 0.6 is 0 Å². The van der Waals surface area contributed by atoms with Gasteiger partial charge in [0.15, 0.2) is 0 Å². The average molecular weight is 375 g/mol. The van der Waals surface area contributed by atoms with Gasteiger partial charge in [-0.2, -0.15) is 0 Å². The Balaban J connectivity index is 1.37. The van der Waals surface area contributed by atoms with E-state index in [4.69, 9.17) is 4.74 Å². The summed E-state index contributed by atoms with van der Waals surface area (Å²) in [6.45, 7) is 3.53. The molecule has 27 heavy (non-hydrogen) atoms. The van der Waals surface area contributed by atoms with E-state index in [-0.39, 0.29) is 29.7 Å². The number of carbonyl (C=O) groups is 2. The van der Waals surface area contributed by atoms with Gasteiger partial charge in [-0.25, -0.2) is 9.18 Å². The van der Waals surface area contributed by atoms with Crippen LogP contribution in [0.4, 0.5) is 9.18 Å². The van der Waals surface area contributed by atoms with Crippen LogP contribution in [0.15, 0.2) is 18.2 Å². The first-order chi connectivity index (χ1) is 13.1. The van der Waals surface area contributed by atoms with Crippen LogP contribution < -0.4 is 5.32 Å². The summed E-state index contributed by atoms with van der Waals surface area (Å²) in [6.07, 6.45) is 3.00. The minimum Gasteiger partial charge on any atom is -0.378 e. The van der Waals surface area contributed by atoms with Crippen LogP contribution in [-0.2, 0) is 16.0 Å². The molecular weight excluding hydrogens is 349 g/mol. The molecule has 1 aromatic carbocycles. The zero-order valence-corrected chi connectivity index (χ0v) is 15.5. The van der Waals surface area contributed by atoms with Crippen LogP contribution in [0.5, 0.6) is 0 Å². The normalized spacial score (nSPS) is 25.2. The lowest BCUT2D eigenvalue weighted by Gasteiger charge is -2.36. The van der Waals surface area contributed by atoms with Crippen molar-refractivity contribution in [2.45, 2.75) is 31.7 Å². The molecule has 0 bridgehead atoms. The summed E-state index contributed by atoms with van der Waals surface area (Å²) in [5.74, 6) is -0.210. The zero-order chi connectivity index (χ0) is 18.8. The molecule has 2 aliphatic heterocycles. The Morgan fingerprint density at radius 3 is 2.74 bits per heavy atom. The second-order valence-electron chi connectivity index (χ2n) is 7.57. The fraction of sp³-hybridized carbons (Fsp3) is 0.600. The van der Waals surface area contributed by atoms with E-state index in [1.54, 1.807) is 11.0 Å². The molecule has 2 unspecified atom stereocenters. The highest BCUT2D eigenvalue weighted by Crippen LogP contribution is 2.33. The minimum atomic E-state index is -0.196. The van der Waals surface area contributed by atoms with Crippen molar-refractivity contribution in [2.75, 3.05) is 39.4 Å². The maximum atomic E-state index is 13.9. The Bertz CT molecular complexity index is 720. The van der Waals surface area contributed by atoms with Crippen LogP contribution in [0.3, 0.4) is 0 Å². The van der Waals surface area contributed by atoms with E-state index in [9.17, 15) is 14.0 Å². The van der Waals surface area contributed by atoms with Gasteiger partial charge in [-0.3, -0.25) is 4.79 Å². The highest BCUT2D eigenvalue weighted by atomic mass is 19.1. The van der Waals surface area contributed by atoms with E-state index >= 15 is 0 Å². The van der Waals surface area contributed by atoms with Crippen molar-refractivity contribution in [3.05, 3.63) is 35.1 Å². The van der Waals surface area contributed by atoms with Gasteiger partial charge < -0.3 is 19.9 Å². The molecule has 2 fully saturated rings. The number of fused-ring (bicyclic) bond motifs is 1. The molecule has 7 heteroatoms. The van der Waals surface area contributed by atoms with Crippen LogP contribution in [0.1, 0.15) is 36.4 Å². The fourth-order valence-corrected chi connectivity index (χ4v) is 4.41. The van der Waals surface area contributed by atoms with E-state index in [0.29, 0.717) is 57.8 Å². The Kier molecular flexibility index (Phi) is 5.29. The number of piperidine rings is 1. The number of nitrogens with one attached hydrogen (secondary N) is 1. The number of amides is 3. The summed E-state index contributed by atoms with van der Waals surface area (Å²) in [5, 5.41) is 3.05. The predicted molar refractivity (Wildman–Crippen MR) is 97.7 cm³/mol. The van der Waals surface area contributed by atoms with Crippen molar-refractivity contribution in [1.82, 2.24) is 15.1 Å². The average Bonchev–Trinajstić information content (AvgIpc) is 3.12. The Morgan fingerprint density at radius 2 is 1.93 bits per heavy atom. The van der Waals surface area contributed by atoms with Crippen LogP contribution in [-0.4, -0.2) is 61.1 Å². The molecule has 4 rings (SSSR count). The zero-order valence-electron chi connectivity index (χ0n) is 15.5. The van der Waals surface area contributed by atoms with Gasteiger partial charge >= 0.3 is 6.03 Å². The molecule has 2 saturated heterocycles. The Hall–Kier alpha value is -2.15. The van der Waals surface area contributed by atoms with Gasteiger partial charge in [0, 0.05) is 26.2 Å². The standard InChI is InChI=1S/C20H26FN3O3/c21-17-5-1-4-16-15(17)6-7-18(16)22-20(26)24-8-2-3-14(13-24)19(25)23-9-11-27-12-10-23/h1,4-5,14,18H,2-3,6-13H2,(H,22,26). The van der Waals surface area contributed by atoms with Crippen molar-refractivity contribution < 1.29 is 18.7 Å². The Morgan fingerprint density at radius 1 is 1.11 bits per heavy atom. The smallest absolute Gasteiger partial charge is 0.317 e. The molecule has 1 aliphatic carbocycles. The number of urea groups is 1. The monoisotopic (exact) mass is 375 g/mol. The third kappa shape index (κ3) is 3.78. The van der Waals surface area contributed by atoms with Crippen molar-refractivity contribution in [3.8, 4) is 0 Å². The molecule has 1 N–H and O–H groups in total. The van der Waals surface area contributed by atoms with E-state index in [2.05, 4.69) is 5.32 Å². The highest BCUT2D eigenvalue weighted by Gasteiger charge is 2.33. The maximum absolute atomic E-state index is 13.9.